The molecule has 26 heavy (non-hydrogen) atoms. The SMILES string of the molecule is C1=CCC(C2C=Cc3ccccc32)=C1.[Cl-].[Cl-].[Zr+3].[c-]1cc2ccccc2[nH]1. The van der Waals surface area contributed by atoms with Crippen LogP contribution in [0, 0.1) is 6.20 Å². The summed E-state index contributed by atoms with van der Waals surface area (Å²) in [5, 5.41) is 1.22. The first-order chi connectivity index (χ1) is 11.4. The number of rotatable bonds is 1. The molecule has 0 fully saturated rings. The number of para-hydroxylation sites is 1. The Kier molecular flexibility index (Phi) is 9.37. The van der Waals surface area contributed by atoms with Crippen LogP contribution >= 0.6 is 0 Å². The monoisotopic (exact) mass is 456 g/mol. The second-order valence-corrected chi connectivity index (χ2v) is 5.84. The van der Waals surface area contributed by atoms with Crippen molar-refractivity contribution >= 4 is 17.0 Å². The number of fused-ring (bicyclic) bond motifs is 2. The maximum absolute atomic E-state index is 2.99. The average molecular weight is 459 g/mol. The second kappa shape index (κ2) is 10.7. The fourth-order valence-corrected chi connectivity index (χ4v) is 3.20. The summed E-state index contributed by atoms with van der Waals surface area (Å²) in [7, 11) is 0. The van der Waals surface area contributed by atoms with Crippen LogP contribution in [-0.4, -0.2) is 4.98 Å². The minimum atomic E-state index is 0. The zero-order valence-corrected chi connectivity index (χ0v) is 18.1. The molecule has 2 aliphatic carbocycles. The van der Waals surface area contributed by atoms with Gasteiger partial charge in [0.15, 0.2) is 0 Å². The van der Waals surface area contributed by atoms with E-state index in [-0.39, 0.29) is 51.0 Å². The fourth-order valence-electron chi connectivity index (χ4n) is 3.20. The fraction of sp³-hybridized carbons (Fsp3) is 0.0909. The molecule has 1 radical (unpaired) electrons. The number of aromatic nitrogens is 1. The normalized spacial score (nSPS) is 15.7. The first kappa shape index (κ1) is 22.7. The number of H-pyrrole nitrogens is 1. The largest absolute Gasteiger partial charge is 3.00 e. The number of aromatic amines is 1. The van der Waals surface area contributed by atoms with Crippen LogP contribution in [0.4, 0.5) is 0 Å². The van der Waals surface area contributed by atoms with E-state index in [4.69, 9.17) is 0 Å². The maximum atomic E-state index is 2.99. The van der Waals surface area contributed by atoms with Gasteiger partial charge in [-0.05, 0) is 17.5 Å². The van der Waals surface area contributed by atoms with Crippen LogP contribution in [0.25, 0.3) is 17.0 Å². The third-order valence-corrected chi connectivity index (χ3v) is 4.39. The summed E-state index contributed by atoms with van der Waals surface area (Å²) in [6.45, 7) is 0. The van der Waals surface area contributed by atoms with Crippen LogP contribution in [0.2, 0.25) is 0 Å². The molecule has 0 aliphatic heterocycles. The molecule has 1 aromatic heterocycles. The van der Waals surface area contributed by atoms with Crippen LogP contribution in [0.1, 0.15) is 23.5 Å². The number of benzene rings is 2. The summed E-state index contributed by atoms with van der Waals surface area (Å²) >= 11 is 0. The van der Waals surface area contributed by atoms with Crippen LogP contribution in [-0.2, 0) is 26.2 Å². The van der Waals surface area contributed by atoms with Crippen molar-refractivity contribution in [1.29, 1.82) is 0 Å². The predicted octanol–water partition coefficient (Wildman–Crippen LogP) is -0.343. The molecule has 0 bridgehead atoms. The molecule has 0 saturated carbocycles. The molecule has 0 amide bonds. The molecule has 5 rings (SSSR count). The zero-order chi connectivity index (χ0) is 15.5. The molecule has 0 spiro atoms. The molecule has 2 aliphatic rings. The van der Waals surface area contributed by atoms with E-state index >= 15 is 0 Å². The van der Waals surface area contributed by atoms with Gasteiger partial charge in [-0.3, -0.25) is 0 Å². The smallest absolute Gasteiger partial charge is 1.00 e. The van der Waals surface area contributed by atoms with Crippen molar-refractivity contribution in [1.82, 2.24) is 4.98 Å². The summed E-state index contributed by atoms with van der Waals surface area (Å²) < 4.78 is 0. The van der Waals surface area contributed by atoms with E-state index in [1.807, 2.05) is 24.3 Å². The van der Waals surface area contributed by atoms with E-state index in [2.05, 4.69) is 71.9 Å². The van der Waals surface area contributed by atoms with E-state index in [0.29, 0.717) is 5.92 Å². The summed E-state index contributed by atoms with van der Waals surface area (Å²) in [5.74, 6) is 0.529. The van der Waals surface area contributed by atoms with Crippen molar-refractivity contribution < 1.29 is 51.0 Å². The van der Waals surface area contributed by atoms with Gasteiger partial charge in [0, 0.05) is 5.92 Å². The molecule has 1 N–H and O–H groups in total. The Morgan fingerprint density at radius 1 is 0.962 bits per heavy atom. The van der Waals surface area contributed by atoms with Crippen LogP contribution in [0.15, 0.2) is 84.5 Å². The van der Waals surface area contributed by atoms with Gasteiger partial charge in [0.05, 0.1) is 0 Å². The molecular formula is C22H18Cl2NZr. The molecular weight excluding hydrogens is 440 g/mol. The summed E-state index contributed by atoms with van der Waals surface area (Å²) in [4.78, 5) is 2.99. The number of halogens is 2. The predicted molar refractivity (Wildman–Crippen MR) is 97.2 cm³/mol. The van der Waals surface area contributed by atoms with Gasteiger partial charge in [-0.1, -0.05) is 72.4 Å². The quantitative estimate of drug-likeness (QED) is 0.481. The molecule has 4 heteroatoms. The number of nitrogens with one attached hydrogen (secondary N) is 1. The van der Waals surface area contributed by atoms with Gasteiger partial charge in [0.25, 0.3) is 0 Å². The van der Waals surface area contributed by atoms with E-state index in [1.165, 1.54) is 22.1 Å². The third-order valence-electron chi connectivity index (χ3n) is 4.39. The van der Waals surface area contributed by atoms with Crippen molar-refractivity contribution in [3.63, 3.8) is 0 Å². The average Bonchev–Trinajstić information content (AvgIpc) is 3.34. The molecule has 1 atom stereocenters. The zero-order valence-electron chi connectivity index (χ0n) is 14.1. The van der Waals surface area contributed by atoms with Crippen molar-refractivity contribution in [2.75, 3.05) is 0 Å². The van der Waals surface area contributed by atoms with Crippen LogP contribution in [0.5, 0.6) is 0 Å². The van der Waals surface area contributed by atoms with E-state index in [1.54, 1.807) is 0 Å². The second-order valence-electron chi connectivity index (χ2n) is 5.84. The van der Waals surface area contributed by atoms with Gasteiger partial charge in [-0.25, -0.2) is 0 Å². The summed E-state index contributed by atoms with van der Waals surface area (Å²) in [5.41, 5.74) is 5.51. The van der Waals surface area contributed by atoms with Crippen molar-refractivity contribution in [2.24, 2.45) is 0 Å². The first-order valence-corrected chi connectivity index (χ1v) is 7.98. The van der Waals surface area contributed by atoms with Gasteiger partial charge in [-0.15, -0.1) is 23.8 Å². The summed E-state index contributed by atoms with van der Waals surface area (Å²) in [6, 6.07) is 18.7. The number of hydrogen-bond donors (Lipinski definition) is 1. The Bertz CT molecular complexity index is 894. The third kappa shape index (κ3) is 4.88. The van der Waals surface area contributed by atoms with Crippen LogP contribution in [0.3, 0.4) is 0 Å². The molecule has 129 valence electrons. The Hall–Kier alpha value is -1.34. The van der Waals surface area contributed by atoms with Gasteiger partial charge >= 0.3 is 26.2 Å². The molecule has 3 aromatic rings. The van der Waals surface area contributed by atoms with E-state index in [0.717, 1.165) is 11.9 Å². The number of hydrogen-bond acceptors (Lipinski definition) is 0. The molecule has 1 nitrogen and oxygen atoms in total. The van der Waals surface area contributed by atoms with Crippen LogP contribution < -0.4 is 24.8 Å². The van der Waals surface area contributed by atoms with Gasteiger partial charge in [0.2, 0.25) is 0 Å². The van der Waals surface area contributed by atoms with Gasteiger partial charge in [0.1, 0.15) is 0 Å². The Morgan fingerprint density at radius 2 is 1.73 bits per heavy atom. The Morgan fingerprint density at radius 3 is 2.50 bits per heavy atom. The maximum Gasteiger partial charge on any atom is 3.00 e. The van der Waals surface area contributed by atoms with Gasteiger partial charge < -0.3 is 29.8 Å². The molecule has 2 aromatic carbocycles. The van der Waals surface area contributed by atoms with E-state index < -0.39 is 0 Å². The van der Waals surface area contributed by atoms with Crippen molar-refractivity contribution in [3.8, 4) is 0 Å². The number of allylic oxidation sites excluding steroid dienone is 5. The molecule has 1 heterocycles. The van der Waals surface area contributed by atoms with Crippen molar-refractivity contribution in [3.05, 3.63) is 102 Å². The Labute approximate surface area is 186 Å². The minimum absolute atomic E-state index is 0. The molecule has 1 unspecified atom stereocenters. The summed E-state index contributed by atoms with van der Waals surface area (Å²) in [6.07, 6.45) is 15.2. The van der Waals surface area contributed by atoms with Gasteiger partial charge in [-0.2, -0.15) is 11.5 Å². The van der Waals surface area contributed by atoms with E-state index in [9.17, 15) is 0 Å². The topological polar surface area (TPSA) is 15.8 Å². The van der Waals surface area contributed by atoms with Crippen molar-refractivity contribution in [2.45, 2.75) is 12.3 Å². The Balaban J connectivity index is 0.000000250. The molecule has 0 saturated heterocycles. The minimum Gasteiger partial charge on any atom is -1.00 e. The first-order valence-electron chi connectivity index (χ1n) is 7.98. The standard InChI is InChI=1S/C14H12.C8H6N.2ClH.Zr/c1-2-6-11(5-1)14-10-9-12-7-3-4-8-13(12)14;1-2-4-8-7(3-1)5-6-9-8;;;/h1-5,7-10,14H,6H2;1-5,9H;2*1H;/q;-1;;;+3/p-2.